The van der Waals surface area contributed by atoms with Gasteiger partial charge in [-0.25, -0.2) is 0 Å². The van der Waals surface area contributed by atoms with Gasteiger partial charge < -0.3 is 10.6 Å². The van der Waals surface area contributed by atoms with Crippen LogP contribution in [0.1, 0.15) is 35.4 Å². The Labute approximate surface area is 179 Å². The van der Waals surface area contributed by atoms with Crippen molar-refractivity contribution < 1.29 is 0 Å². The summed E-state index contributed by atoms with van der Waals surface area (Å²) in [7, 11) is 3.81. The van der Waals surface area contributed by atoms with Crippen LogP contribution in [0.4, 0.5) is 0 Å². The number of guanidine groups is 1. The van der Waals surface area contributed by atoms with E-state index >= 15 is 0 Å². The molecule has 0 radical (unpaired) electrons. The molecule has 2 heterocycles. The number of aromatic nitrogens is 2. The predicted molar refractivity (Wildman–Crippen MR) is 120 cm³/mol. The molecule has 158 valence electrons. The second-order valence-electron chi connectivity index (χ2n) is 7.89. The van der Waals surface area contributed by atoms with Gasteiger partial charge in [-0.1, -0.05) is 29.8 Å². The average Bonchev–Trinajstić information content (AvgIpc) is 2.96. The highest BCUT2D eigenvalue weighted by molar-refractivity contribution is 6.31. The first kappa shape index (κ1) is 21.7. The van der Waals surface area contributed by atoms with Crippen LogP contribution in [-0.4, -0.2) is 47.3 Å². The van der Waals surface area contributed by atoms with Crippen LogP contribution >= 0.6 is 11.6 Å². The summed E-state index contributed by atoms with van der Waals surface area (Å²) in [6, 6.07) is 8.14. The fraction of sp³-hybridized carbons (Fsp3) is 0.545. The number of hydrogen-bond donors (Lipinski definition) is 2. The van der Waals surface area contributed by atoms with Crippen molar-refractivity contribution in [2.24, 2.45) is 18.0 Å². The SMILES string of the molecule is CN=C(NCc1c(C)nn(C)c1C)NCC1CCN(Cc2ccccc2Cl)CC1. The van der Waals surface area contributed by atoms with Crippen LogP contribution in [0.15, 0.2) is 29.3 Å². The standard InChI is InChI=1S/C22H33ClN6/c1-16-20(17(2)28(4)27-16)14-26-22(24-3)25-13-18-9-11-29(12-10-18)15-19-7-5-6-8-21(19)23/h5-8,18H,9-15H2,1-4H3,(H2,24,25,26). The third-order valence-corrected chi connectivity index (χ3v) is 6.30. The molecule has 0 unspecified atom stereocenters. The van der Waals surface area contributed by atoms with Gasteiger partial charge in [-0.05, 0) is 57.3 Å². The normalized spacial score (nSPS) is 16.2. The molecule has 0 aliphatic carbocycles. The van der Waals surface area contributed by atoms with E-state index in [-0.39, 0.29) is 0 Å². The van der Waals surface area contributed by atoms with Crippen LogP contribution in [0.5, 0.6) is 0 Å². The molecule has 29 heavy (non-hydrogen) atoms. The molecular weight excluding hydrogens is 384 g/mol. The average molecular weight is 417 g/mol. The summed E-state index contributed by atoms with van der Waals surface area (Å²) in [6.45, 7) is 8.99. The summed E-state index contributed by atoms with van der Waals surface area (Å²) in [5.41, 5.74) is 4.72. The highest BCUT2D eigenvalue weighted by atomic mass is 35.5. The first-order valence-corrected chi connectivity index (χ1v) is 10.7. The highest BCUT2D eigenvalue weighted by Crippen LogP contribution is 2.22. The lowest BCUT2D eigenvalue weighted by atomic mass is 9.96. The van der Waals surface area contributed by atoms with Gasteiger partial charge in [0.2, 0.25) is 0 Å². The molecule has 1 fully saturated rings. The molecule has 1 aliphatic heterocycles. The highest BCUT2D eigenvalue weighted by Gasteiger charge is 2.20. The number of halogens is 1. The molecule has 2 N–H and O–H groups in total. The zero-order valence-corrected chi connectivity index (χ0v) is 18.8. The van der Waals surface area contributed by atoms with E-state index in [9.17, 15) is 0 Å². The van der Waals surface area contributed by atoms with E-state index in [4.69, 9.17) is 11.6 Å². The van der Waals surface area contributed by atoms with E-state index in [2.05, 4.69) is 51.6 Å². The zero-order chi connectivity index (χ0) is 20.8. The zero-order valence-electron chi connectivity index (χ0n) is 18.0. The summed E-state index contributed by atoms with van der Waals surface area (Å²) in [5, 5.41) is 12.3. The molecule has 0 spiro atoms. The molecule has 0 saturated carbocycles. The Morgan fingerprint density at radius 3 is 2.55 bits per heavy atom. The first-order valence-electron chi connectivity index (χ1n) is 10.4. The monoisotopic (exact) mass is 416 g/mol. The van der Waals surface area contributed by atoms with Gasteiger partial charge in [0.05, 0.1) is 5.69 Å². The number of aliphatic imine (C=N–C) groups is 1. The van der Waals surface area contributed by atoms with Crippen LogP contribution < -0.4 is 10.6 Å². The van der Waals surface area contributed by atoms with Crippen molar-refractivity contribution >= 4 is 17.6 Å². The Bertz CT molecular complexity index is 836. The minimum atomic E-state index is 0.665. The van der Waals surface area contributed by atoms with Gasteiger partial charge in [-0.3, -0.25) is 14.6 Å². The number of hydrogen-bond acceptors (Lipinski definition) is 3. The van der Waals surface area contributed by atoms with E-state index in [0.717, 1.165) is 49.4 Å². The minimum Gasteiger partial charge on any atom is -0.356 e. The molecule has 2 aromatic rings. The molecule has 1 aromatic carbocycles. The van der Waals surface area contributed by atoms with E-state index in [1.807, 2.05) is 30.9 Å². The van der Waals surface area contributed by atoms with E-state index in [1.54, 1.807) is 0 Å². The number of likely N-dealkylation sites (tertiary alicyclic amines) is 1. The number of aryl methyl sites for hydroxylation is 2. The van der Waals surface area contributed by atoms with Gasteiger partial charge in [0.15, 0.2) is 5.96 Å². The van der Waals surface area contributed by atoms with Gasteiger partial charge in [0, 0.05) is 50.0 Å². The van der Waals surface area contributed by atoms with Crippen molar-refractivity contribution in [1.82, 2.24) is 25.3 Å². The summed E-state index contributed by atoms with van der Waals surface area (Å²) in [5.74, 6) is 1.52. The largest absolute Gasteiger partial charge is 0.356 e. The predicted octanol–water partition coefficient (Wildman–Crippen LogP) is 3.27. The maximum Gasteiger partial charge on any atom is 0.191 e. The lowest BCUT2D eigenvalue weighted by Crippen LogP contribution is -2.42. The fourth-order valence-electron chi connectivity index (χ4n) is 3.92. The number of nitrogens with one attached hydrogen (secondary N) is 2. The van der Waals surface area contributed by atoms with Crippen LogP contribution in [0, 0.1) is 19.8 Å². The summed E-state index contributed by atoms with van der Waals surface area (Å²) >= 11 is 6.31. The molecule has 0 bridgehead atoms. The van der Waals surface area contributed by atoms with Crippen molar-refractivity contribution in [3.05, 3.63) is 51.8 Å². The Hall–Kier alpha value is -2.05. The number of piperidine rings is 1. The van der Waals surface area contributed by atoms with Crippen LogP contribution in [0.3, 0.4) is 0 Å². The van der Waals surface area contributed by atoms with Crippen LogP contribution in [-0.2, 0) is 20.1 Å². The molecule has 0 atom stereocenters. The quantitative estimate of drug-likeness (QED) is 0.560. The number of rotatable bonds is 6. The third-order valence-electron chi connectivity index (χ3n) is 5.93. The first-order chi connectivity index (χ1) is 14.0. The van der Waals surface area contributed by atoms with E-state index < -0.39 is 0 Å². The maximum absolute atomic E-state index is 6.31. The van der Waals surface area contributed by atoms with Crippen LogP contribution in [0.25, 0.3) is 0 Å². The van der Waals surface area contributed by atoms with Crippen molar-refractivity contribution in [3.63, 3.8) is 0 Å². The molecular formula is C22H33ClN6. The number of nitrogens with zero attached hydrogens (tertiary/aromatic N) is 4. The molecule has 7 heteroatoms. The molecule has 6 nitrogen and oxygen atoms in total. The lowest BCUT2D eigenvalue weighted by molar-refractivity contribution is 0.178. The summed E-state index contributed by atoms with van der Waals surface area (Å²) in [4.78, 5) is 6.88. The van der Waals surface area contributed by atoms with Crippen molar-refractivity contribution in [1.29, 1.82) is 0 Å². The second kappa shape index (κ2) is 10.1. The van der Waals surface area contributed by atoms with Gasteiger partial charge >= 0.3 is 0 Å². The van der Waals surface area contributed by atoms with Gasteiger partial charge in [0.25, 0.3) is 0 Å². The van der Waals surface area contributed by atoms with Crippen molar-refractivity contribution in [3.8, 4) is 0 Å². The smallest absolute Gasteiger partial charge is 0.191 e. The molecule has 3 rings (SSSR count). The molecule has 0 amide bonds. The summed E-state index contributed by atoms with van der Waals surface area (Å²) < 4.78 is 1.93. The van der Waals surface area contributed by atoms with Crippen molar-refractivity contribution in [2.75, 3.05) is 26.7 Å². The Morgan fingerprint density at radius 2 is 1.93 bits per heavy atom. The second-order valence-corrected chi connectivity index (χ2v) is 8.30. The minimum absolute atomic E-state index is 0.665. The summed E-state index contributed by atoms with van der Waals surface area (Å²) in [6.07, 6.45) is 2.38. The third kappa shape index (κ3) is 5.73. The Morgan fingerprint density at radius 1 is 1.21 bits per heavy atom. The topological polar surface area (TPSA) is 57.5 Å². The van der Waals surface area contributed by atoms with Gasteiger partial charge in [0.1, 0.15) is 0 Å². The van der Waals surface area contributed by atoms with Gasteiger partial charge in [-0.2, -0.15) is 5.10 Å². The van der Waals surface area contributed by atoms with Crippen LogP contribution in [0.2, 0.25) is 5.02 Å². The van der Waals surface area contributed by atoms with Crippen molar-refractivity contribution in [2.45, 2.75) is 39.8 Å². The van der Waals surface area contributed by atoms with Gasteiger partial charge in [-0.15, -0.1) is 0 Å². The molecule has 1 saturated heterocycles. The Kier molecular flexibility index (Phi) is 7.56. The van der Waals surface area contributed by atoms with E-state index in [0.29, 0.717) is 5.92 Å². The lowest BCUT2D eigenvalue weighted by Gasteiger charge is -2.32. The number of benzene rings is 1. The van der Waals surface area contributed by atoms with E-state index in [1.165, 1.54) is 29.7 Å². The Balaban J connectivity index is 1.41. The molecule has 1 aromatic heterocycles. The fourth-order valence-corrected chi connectivity index (χ4v) is 4.12. The molecule has 1 aliphatic rings. The maximum atomic E-state index is 6.31.